The fraction of sp³-hybridized carbons (Fsp3) is 0.647. The maximum Gasteiger partial charge on any atom is 0.0635 e. The van der Waals surface area contributed by atoms with Crippen molar-refractivity contribution in [1.82, 2.24) is 5.32 Å². The summed E-state index contributed by atoms with van der Waals surface area (Å²) in [7, 11) is 2.02. The summed E-state index contributed by atoms with van der Waals surface area (Å²) in [5.41, 5.74) is 2.66. The van der Waals surface area contributed by atoms with E-state index in [2.05, 4.69) is 41.4 Å². The predicted molar refractivity (Wildman–Crippen MR) is 85.2 cm³/mol. The van der Waals surface area contributed by atoms with Crippen LogP contribution in [0, 0.1) is 0 Å². The van der Waals surface area contributed by atoms with Crippen LogP contribution in [-0.4, -0.2) is 31.3 Å². The van der Waals surface area contributed by atoms with Gasteiger partial charge in [-0.2, -0.15) is 0 Å². The first-order valence-corrected chi connectivity index (χ1v) is 7.95. The second-order valence-electron chi connectivity index (χ2n) is 5.69. The molecule has 0 amide bonds. The van der Waals surface area contributed by atoms with Crippen molar-refractivity contribution in [2.45, 2.75) is 51.1 Å². The number of rotatable bonds is 5. The Balaban J connectivity index is 2.34. The highest BCUT2D eigenvalue weighted by Crippen LogP contribution is 2.31. The molecule has 2 rings (SSSR count). The summed E-state index contributed by atoms with van der Waals surface area (Å²) in [6.45, 7) is 3.52. The summed E-state index contributed by atoms with van der Waals surface area (Å²) in [6.07, 6.45) is 5.90. The van der Waals surface area contributed by atoms with Gasteiger partial charge in [-0.1, -0.05) is 38.0 Å². The summed E-state index contributed by atoms with van der Waals surface area (Å²) >= 11 is 0. The lowest BCUT2D eigenvalue weighted by atomic mass is 10.0. The van der Waals surface area contributed by atoms with Crippen LogP contribution >= 0.6 is 0 Å². The Morgan fingerprint density at radius 2 is 2.10 bits per heavy atom. The molecule has 1 saturated heterocycles. The third-order valence-electron chi connectivity index (χ3n) is 4.47. The van der Waals surface area contributed by atoms with Gasteiger partial charge in [0.15, 0.2) is 0 Å². The van der Waals surface area contributed by atoms with E-state index in [1.165, 1.54) is 30.5 Å². The van der Waals surface area contributed by atoms with Gasteiger partial charge in [-0.3, -0.25) is 0 Å². The number of hydrogen-bond acceptors (Lipinski definition) is 3. The molecule has 3 heteroatoms. The number of anilines is 1. The van der Waals surface area contributed by atoms with Crippen molar-refractivity contribution in [1.29, 1.82) is 0 Å². The maximum atomic E-state index is 9.73. The van der Waals surface area contributed by atoms with E-state index in [1.54, 1.807) is 0 Å². The average molecular weight is 276 g/mol. The molecule has 2 unspecified atom stereocenters. The lowest BCUT2D eigenvalue weighted by molar-refractivity contribution is 0.255. The molecule has 1 aromatic carbocycles. The fourth-order valence-corrected chi connectivity index (χ4v) is 3.31. The largest absolute Gasteiger partial charge is 0.394 e. The van der Waals surface area contributed by atoms with Gasteiger partial charge >= 0.3 is 0 Å². The lowest BCUT2D eigenvalue weighted by Crippen LogP contribution is -2.38. The zero-order chi connectivity index (χ0) is 14.4. The molecule has 0 radical (unpaired) electrons. The Bertz CT molecular complexity index is 404. The van der Waals surface area contributed by atoms with Gasteiger partial charge in [-0.05, 0) is 37.9 Å². The standard InChI is InChI=1S/C17H28N2O/c1-3-16(18-2)15-10-6-7-11-17(15)19-12-8-4-5-9-14(19)13-20/h6-7,10-11,14,16,18,20H,3-5,8-9,12-13H2,1-2H3. The molecular formula is C17H28N2O. The highest BCUT2D eigenvalue weighted by Gasteiger charge is 2.24. The van der Waals surface area contributed by atoms with Crippen molar-refractivity contribution in [3.8, 4) is 0 Å². The number of nitrogens with zero attached hydrogens (tertiary/aromatic N) is 1. The maximum absolute atomic E-state index is 9.73. The molecule has 3 nitrogen and oxygen atoms in total. The molecule has 1 aliphatic rings. The first kappa shape index (κ1) is 15.3. The van der Waals surface area contributed by atoms with Gasteiger partial charge in [0.2, 0.25) is 0 Å². The Morgan fingerprint density at radius 1 is 1.30 bits per heavy atom. The van der Waals surface area contributed by atoms with Crippen LogP contribution in [0.25, 0.3) is 0 Å². The first-order chi connectivity index (χ1) is 9.81. The molecule has 20 heavy (non-hydrogen) atoms. The van der Waals surface area contributed by atoms with Gasteiger partial charge in [0.25, 0.3) is 0 Å². The van der Waals surface area contributed by atoms with Crippen molar-refractivity contribution >= 4 is 5.69 Å². The van der Waals surface area contributed by atoms with Crippen LogP contribution in [0.3, 0.4) is 0 Å². The molecule has 112 valence electrons. The monoisotopic (exact) mass is 276 g/mol. The van der Waals surface area contributed by atoms with Crippen LogP contribution in [0.1, 0.15) is 50.6 Å². The normalized spacial score (nSPS) is 21.6. The van der Waals surface area contributed by atoms with Gasteiger partial charge < -0.3 is 15.3 Å². The number of aliphatic hydroxyl groups excluding tert-OH is 1. The van der Waals surface area contributed by atoms with Gasteiger partial charge in [-0.15, -0.1) is 0 Å². The molecule has 2 N–H and O–H groups in total. The Hall–Kier alpha value is -1.06. The Labute approximate surface area is 123 Å². The molecule has 0 aromatic heterocycles. The molecule has 0 saturated carbocycles. The second kappa shape index (κ2) is 7.65. The third kappa shape index (κ3) is 3.33. The molecule has 1 fully saturated rings. The minimum atomic E-state index is 0.255. The number of benzene rings is 1. The zero-order valence-electron chi connectivity index (χ0n) is 12.8. The SMILES string of the molecule is CCC(NC)c1ccccc1N1CCCCCC1CO. The van der Waals surface area contributed by atoms with Gasteiger partial charge in [0.05, 0.1) is 12.6 Å². The van der Waals surface area contributed by atoms with E-state index >= 15 is 0 Å². The van der Waals surface area contributed by atoms with Crippen molar-refractivity contribution in [2.24, 2.45) is 0 Å². The summed E-state index contributed by atoms with van der Waals surface area (Å²) in [5, 5.41) is 13.1. The predicted octanol–water partition coefficient (Wildman–Crippen LogP) is 3.10. The first-order valence-electron chi connectivity index (χ1n) is 7.95. The molecule has 2 atom stereocenters. The van der Waals surface area contributed by atoms with E-state index in [-0.39, 0.29) is 12.6 Å². The smallest absolute Gasteiger partial charge is 0.0635 e. The van der Waals surface area contributed by atoms with E-state index in [9.17, 15) is 5.11 Å². The molecule has 1 aliphatic heterocycles. The molecule has 1 heterocycles. The van der Waals surface area contributed by atoms with E-state index in [4.69, 9.17) is 0 Å². The van der Waals surface area contributed by atoms with E-state index in [1.807, 2.05) is 7.05 Å². The van der Waals surface area contributed by atoms with Crippen LogP contribution in [0.5, 0.6) is 0 Å². The zero-order valence-corrected chi connectivity index (χ0v) is 12.8. The number of para-hydroxylation sites is 1. The van der Waals surface area contributed by atoms with Gasteiger partial charge in [-0.25, -0.2) is 0 Å². The summed E-state index contributed by atoms with van der Waals surface area (Å²) in [4.78, 5) is 2.43. The molecular weight excluding hydrogens is 248 g/mol. The van der Waals surface area contributed by atoms with E-state index in [0.717, 1.165) is 19.4 Å². The van der Waals surface area contributed by atoms with Gasteiger partial charge in [0, 0.05) is 18.3 Å². The van der Waals surface area contributed by atoms with Crippen LogP contribution in [0.4, 0.5) is 5.69 Å². The summed E-state index contributed by atoms with van der Waals surface area (Å²) in [6, 6.07) is 9.31. The minimum Gasteiger partial charge on any atom is -0.394 e. The molecule has 0 aliphatic carbocycles. The van der Waals surface area contributed by atoms with Crippen molar-refractivity contribution in [2.75, 3.05) is 25.1 Å². The second-order valence-corrected chi connectivity index (χ2v) is 5.69. The van der Waals surface area contributed by atoms with Crippen molar-refractivity contribution in [3.63, 3.8) is 0 Å². The van der Waals surface area contributed by atoms with Crippen molar-refractivity contribution < 1.29 is 5.11 Å². The number of hydrogen-bond donors (Lipinski definition) is 2. The highest BCUT2D eigenvalue weighted by molar-refractivity contribution is 5.56. The third-order valence-corrected chi connectivity index (χ3v) is 4.47. The number of nitrogens with one attached hydrogen (secondary N) is 1. The lowest BCUT2D eigenvalue weighted by Gasteiger charge is -2.34. The molecule has 0 spiro atoms. The minimum absolute atomic E-state index is 0.255. The van der Waals surface area contributed by atoms with Crippen molar-refractivity contribution in [3.05, 3.63) is 29.8 Å². The van der Waals surface area contributed by atoms with Crippen LogP contribution < -0.4 is 10.2 Å². The molecule has 0 bridgehead atoms. The molecule has 1 aromatic rings. The van der Waals surface area contributed by atoms with Crippen LogP contribution in [-0.2, 0) is 0 Å². The summed E-state index contributed by atoms with van der Waals surface area (Å²) < 4.78 is 0. The van der Waals surface area contributed by atoms with Crippen LogP contribution in [0.15, 0.2) is 24.3 Å². The van der Waals surface area contributed by atoms with E-state index < -0.39 is 0 Å². The highest BCUT2D eigenvalue weighted by atomic mass is 16.3. The van der Waals surface area contributed by atoms with Gasteiger partial charge in [0.1, 0.15) is 0 Å². The summed E-state index contributed by atoms with van der Waals surface area (Å²) in [5.74, 6) is 0. The Morgan fingerprint density at radius 3 is 2.80 bits per heavy atom. The number of aliphatic hydroxyl groups is 1. The van der Waals surface area contributed by atoms with E-state index in [0.29, 0.717) is 6.04 Å². The van der Waals surface area contributed by atoms with Crippen LogP contribution in [0.2, 0.25) is 0 Å². The average Bonchev–Trinajstić information content (AvgIpc) is 2.74. The quantitative estimate of drug-likeness (QED) is 0.867. The fourth-order valence-electron chi connectivity index (χ4n) is 3.31. The topological polar surface area (TPSA) is 35.5 Å². The Kier molecular flexibility index (Phi) is 5.86.